The van der Waals surface area contributed by atoms with Crippen molar-refractivity contribution in [2.24, 2.45) is 0 Å². The highest BCUT2D eigenvalue weighted by Crippen LogP contribution is 2.28. The van der Waals surface area contributed by atoms with Gasteiger partial charge in [0.15, 0.2) is 11.5 Å². The summed E-state index contributed by atoms with van der Waals surface area (Å²) in [6.07, 6.45) is 0. The van der Waals surface area contributed by atoms with Gasteiger partial charge in [0, 0.05) is 18.4 Å². The number of nitrogens with zero attached hydrogens (tertiary/aromatic N) is 3. The minimum atomic E-state index is -0.240. The molecule has 7 heteroatoms. The van der Waals surface area contributed by atoms with E-state index >= 15 is 0 Å². The van der Waals surface area contributed by atoms with Gasteiger partial charge in [-0.1, -0.05) is 11.6 Å². The van der Waals surface area contributed by atoms with Gasteiger partial charge in [-0.25, -0.2) is 4.98 Å². The lowest BCUT2D eigenvalue weighted by Crippen LogP contribution is -2.10. The number of hydrogen-bond donors (Lipinski definition) is 1. The average Bonchev–Trinajstić information content (AvgIpc) is 2.79. The zero-order valence-corrected chi connectivity index (χ0v) is 11.7. The average molecular weight is 291 g/mol. The van der Waals surface area contributed by atoms with E-state index in [0.29, 0.717) is 22.5 Å². The highest BCUT2D eigenvalue weighted by Gasteiger charge is 2.21. The number of pyridine rings is 1. The van der Waals surface area contributed by atoms with Crippen molar-refractivity contribution >= 4 is 17.4 Å². The summed E-state index contributed by atoms with van der Waals surface area (Å²) in [4.78, 5) is 16.2. The molecule has 2 rings (SSSR count). The lowest BCUT2D eigenvalue weighted by Gasteiger charge is -2.08. The largest absolute Gasteiger partial charge is 0.377 e. The van der Waals surface area contributed by atoms with Gasteiger partial charge in [-0.2, -0.15) is 10.4 Å². The molecule has 0 amide bonds. The molecule has 2 aromatic rings. The van der Waals surface area contributed by atoms with Crippen molar-refractivity contribution in [3.05, 3.63) is 34.2 Å². The molecule has 2 heterocycles. The number of rotatable bonds is 4. The highest BCUT2D eigenvalue weighted by molar-refractivity contribution is 6.29. The maximum Gasteiger partial charge on any atom is 0.190 e. The van der Waals surface area contributed by atoms with Crippen LogP contribution in [0.5, 0.6) is 0 Å². The standard InChI is InChI=1S/C13H11ClN4O2/c1-7-12(9(5-15)18-17-7)13-8(10(19)6-20-2)3-4-11(14)16-13/h3-4H,6H2,1-2H3,(H,17,18). The summed E-state index contributed by atoms with van der Waals surface area (Å²) in [6.45, 7) is 1.67. The van der Waals surface area contributed by atoms with Crippen LogP contribution in [0, 0.1) is 18.3 Å². The molecule has 0 aliphatic carbocycles. The summed E-state index contributed by atoms with van der Waals surface area (Å²) in [7, 11) is 1.44. The van der Waals surface area contributed by atoms with Crippen LogP contribution in [0.1, 0.15) is 21.7 Å². The third-order valence-corrected chi connectivity index (χ3v) is 2.94. The molecule has 0 saturated heterocycles. The molecule has 1 N–H and O–H groups in total. The Hall–Kier alpha value is -2.23. The van der Waals surface area contributed by atoms with E-state index < -0.39 is 0 Å². The molecule has 0 radical (unpaired) electrons. The van der Waals surface area contributed by atoms with Gasteiger partial charge in [-0.3, -0.25) is 9.89 Å². The predicted octanol–water partition coefficient (Wildman–Crippen LogP) is 2.13. The summed E-state index contributed by atoms with van der Waals surface area (Å²) in [6, 6.07) is 5.06. The van der Waals surface area contributed by atoms with Crippen molar-refractivity contribution in [1.82, 2.24) is 15.2 Å². The zero-order valence-electron chi connectivity index (χ0n) is 10.9. The Morgan fingerprint density at radius 3 is 2.95 bits per heavy atom. The van der Waals surface area contributed by atoms with Gasteiger partial charge in [0.2, 0.25) is 0 Å². The van der Waals surface area contributed by atoms with Crippen LogP contribution in [0.25, 0.3) is 11.3 Å². The van der Waals surface area contributed by atoms with Crippen molar-refractivity contribution in [3.8, 4) is 17.3 Å². The fourth-order valence-corrected chi connectivity index (χ4v) is 2.01. The number of nitriles is 1. The van der Waals surface area contributed by atoms with Crippen LogP contribution in [-0.2, 0) is 4.74 Å². The molecular formula is C13H11ClN4O2. The Balaban J connectivity index is 2.66. The first-order chi connectivity index (χ1) is 9.58. The molecule has 0 unspecified atom stereocenters. The Labute approximate surface area is 120 Å². The first-order valence-electron chi connectivity index (χ1n) is 5.72. The van der Waals surface area contributed by atoms with E-state index in [2.05, 4.69) is 15.2 Å². The number of hydrogen-bond acceptors (Lipinski definition) is 5. The Morgan fingerprint density at radius 1 is 1.55 bits per heavy atom. The van der Waals surface area contributed by atoms with Crippen molar-refractivity contribution < 1.29 is 9.53 Å². The maximum atomic E-state index is 12.1. The van der Waals surface area contributed by atoms with Crippen molar-refractivity contribution in [3.63, 3.8) is 0 Å². The van der Waals surface area contributed by atoms with Crippen LogP contribution < -0.4 is 0 Å². The molecule has 0 bridgehead atoms. The Bertz CT molecular complexity index is 703. The summed E-state index contributed by atoms with van der Waals surface area (Å²) < 4.78 is 4.85. The lowest BCUT2D eigenvalue weighted by molar-refractivity contribution is 0.0848. The quantitative estimate of drug-likeness (QED) is 0.688. The molecule has 2 aromatic heterocycles. The number of aryl methyl sites for hydroxylation is 1. The number of methoxy groups -OCH3 is 1. The van der Waals surface area contributed by atoms with E-state index in [0.717, 1.165) is 0 Å². The van der Waals surface area contributed by atoms with Gasteiger partial charge < -0.3 is 4.74 Å². The second-order valence-electron chi connectivity index (χ2n) is 4.07. The molecule has 0 aromatic carbocycles. The summed E-state index contributed by atoms with van der Waals surface area (Å²) in [5.74, 6) is -0.240. The van der Waals surface area contributed by atoms with E-state index in [1.807, 2.05) is 6.07 Å². The molecule has 20 heavy (non-hydrogen) atoms. The second kappa shape index (κ2) is 5.82. The number of nitrogens with one attached hydrogen (secondary N) is 1. The topological polar surface area (TPSA) is 91.7 Å². The lowest BCUT2D eigenvalue weighted by atomic mass is 10.0. The Kier molecular flexibility index (Phi) is 4.13. The predicted molar refractivity (Wildman–Crippen MR) is 72.5 cm³/mol. The molecular weight excluding hydrogens is 280 g/mol. The van der Waals surface area contributed by atoms with Gasteiger partial charge in [-0.15, -0.1) is 0 Å². The molecule has 0 aliphatic heterocycles. The summed E-state index contributed by atoms with van der Waals surface area (Å²) >= 11 is 5.90. The van der Waals surface area contributed by atoms with Crippen molar-refractivity contribution in [2.75, 3.05) is 13.7 Å². The number of ether oxygens (including phenoxy) is 1. The first kappa shape index (κ1) is 14.2. The van der Waals surface area contributed by atoms with E-state index in [9.17, 15) is 4.79 Å². The Morgan fingerprint density at radius 2 is 2.30 bits per heavy atom. The SMILES string of the molecule is COCC(=O)c1ccc(Cl)nc1-c1c(C#N)n[nH]c1C. The number of H-pyrrole nitrogens is 1. The van der Waals surface area contributed by atoms with Gasteiger partial charge in [0.1, 0.15) is 17.8 Å². The van der Waals surface area contributed by atoms with Crippen molar-refractivity contribution in [2.45, 2.75) is 6.92 Å². The molecule has 0 saturated carbocycles. The number of halogens is 1. The number of carbonyl (C=O) groups excluding carboxylic acids is 1. The van der Waals surface area contributed by atoms with Gasteiger partial charge in [-0.05, 0) is 19.1 Å². The second-order valence-corrected chi connectivity index (χ2v) is 4.46. The van der Waals surface area contributed by atoms with E-state index in [1.165, 1.54) is 13.2 Å². The molecule has 102 valence electrons. The number of carbonyl (C=O) groups is 1. The number of aromatic amines is 1. The minimum Gasteiger partial charge on any atom is -0.377 e. The van der Waals surface area contributed by atoms with E-state index in [4.69, 9.17) is 21.6 Å². The summed E-state index contributed by atoms with van der Waals surface area (Å²) in [5.41, 5.74) is 1.97. The minimum absolute atomic E-state index is 0.0743. The molecule has 0 atom stereocenters. The number of Topliss-reactive ketones (excluding diaryl/α,β-unsaturated/α-hetero) is 1. The molecule has 0 aliphatic rings. The van der Waals surface area contributed by atoms with Crippen LogP contribution in [-0.4, -0.2) is 34.7 Å². The first-order valence-corrected chi connectivity index (χ1v) is 6.10. The van der Waals surface area contributed by atoms with Crippen LogP contribution in [0.15, 0.2) is 12.1 Å². The normalized spacial score (nSPS) is 10.3. The zero-order chi connectivity index (χ0) is 14.7. The third kappa shape index (κ3) is 2.54. The fraction of sp³-hybridized carbons (Fsp3) is 0.231. The number of ketones is 1. The maximum absolute atomic E-state index is 12.1. The van der Waals surface area contributed by atoms with Crippen LogP contribution in [0.3, 0.4) is 0 Å². The molecule has 0 fully saturated rings. The summed E-state index contributed by atoms with van der Waals surface area (Å²) in [5, 5.41) is 15.9. The van der Waals surface area contributed by atoms with Gasteiger partial charge >= 0.3 is 0 Å². The smallest absolute Gasteiger partial charge is 0.190 e. The van der Waals surface area contributed by atoms with E-state index in [-0.39, 0.29) is 23.2 Å². The molecule has 0 spiro atoms. The van der Waals surface area contributed by atoms with Crippen LogP contribution >= 0.6 is 11.6 Å². The molecule has 6 nitrogen and oxygen atoms in total. The third-order valence-electron chi connectivity index (χ3n) is 2.73. The highest BCUT2D eigenvalue weighted by atomic mass is 35.5. The van der Waals surface area contributed by atoms with Crippen LogP contribution in [0.2, 0.25) is 5.15 Å². The fourth-order valence-electron chi connectivity index (χ4n) is 1.86. The van der Waals surface area contributed by atoms with Gasteiger partial charge in [0.25, 0.3) is 0 Å². The van der Waals surface area contributed by atoms with Crippen molar-refractivity contribution in [1.29, 1.82) is 5.26 Å². The van der Waals surface area contributed by atoms with Crippen LogP contribution in [0.4, 0.5) is 0 Å². The van der Waals surface area contributed by atoms with Gasteiger partial charge in [0.05, 0.1) is 11.3 Å². The number of aromatic nitrogens is 3. The van der Waals surface area contributed by atoms with E-state index in [1.54, 1.807) is 13.0 Å². The monoisotopic (exact) mass is 290 g/mol.